The van der Waals surface area contributed by atoms with Crippen molar-refractivity contribution in [3.05, 3.63) is 29.0 Å². The Labute approximate surface area is 99.1 Å². The van der Waals surface area contributed by atoms with Gasteiger partial charge in [-0.25, -0.2) is 4.39 Å². The molecule has 2 aromatic rings. The standard InChI is InChI=1S/C9H5ClFN3OS/c10-5-1-2-6(7(11)3-5)8-13-14-9(16-8)12-4-15/h1-4H,(H,12,14,15). The maximum atomic E-state index is 13.5. The van der Waals surface area contributed by atoms with Gasteiger partial charge in [0.05, 0.1) is 0 Å². The summed E-state index contributed by atoms with van der Waals surface area (Å²) in [5, 5.41) is 10.8. The zero-order chi connectivity index (χ0) is 11.5. The van der Waals surface area contributed by atoms with E-state index < -0.39 is 5.82 Å². The van der Waals surface area contributed by atoms with Gasteiger partial charge in [0.1, 0.15) is 5.82 Å². The van der Waals surface area contributed by atoms with Gasteiger partial charge in [-0.05, 0) is 18.2 Å². The van der Waals surface area contributed by atoms with Crippen LogP contribution in [-0.2, 0) is 4.79 Å². The van der Waals surface area contributed by atoms with Crippen LogP contribution in [0.15, 0.2) is 18.2 Å². The highest BCUT2D eigenvalue weighted by atomic mass is 35.5. The molecule has 1 aromatic heterocycles. The molecule has 16 heavy (non-hydrogen) atoms. The zero-order valence-electron chi connectivity index (χ0n) is 7.78. The fourth-order valence-corrected chi connectivity index (χ4v) is 1.99. The summed E-state index contributed by atoms with van der Waals surface area (Å²) in [7, 11) is 0. The van der Waals surface area contributed by atoms with E-state index >= 15 is 0 Å². The number of aromatic nitrogens is 2. The Morgan fingerprint density at radius 2 is 2.25 bits per heavy atom. The van der Waals surface area contributed by atoms with Crippen LogP contribution in [0, 0.1) is 5.82 Å². The summed E-state index contributed by atoms with van der Waals surface area (Å²) in [5.41, 5.74) is 0.306. The minimum Gasteiger partial charge on any atom is -0.303 e. The monoisotopic (exact) mass is 257 g/mol. The molecule has 4 nitrogen and oxygen atoms in total. The smallest absolute Gasteiger partial charge is 0.213 e. The van der Waals surface area contributed by atoms with Crippen molar-refractivity contribution in [3.8, 4) is 10.6 Å². The minimum absolute atomic E-state index is 0.306. The van der Waals surface area contributed by atoms with Crippen molar-refractivity contribution in [3.63, 3.8) is 0 Å². The topological polar surface area (TPSA) is 54.9 Å². The lowest BCUT2D eigenvalue weighted by molar-refractivity contribution is -0.105. The van der Waals surface area contributed by atoms with E-state index in [1.54, 1.807) is 6.07 Å². The third-order valence-electron chi connectivity index (χ3n) is 1.77. The van der Waals surface area contributed by atoms with Crippen molar-refractivity contribution in [2.24, 2.45) is 0 Å². The van der Waals surface area contributed by atoms with Crippen molar-refractivity contribution in [2.75, 3.05) is 5.32 Å². The molecule has 0 bridgehead atoms. The van der Waals surface area contributed by atoms with Gasteiger partial charge in [-0.1, -0.05) is 22.9 Å². The van der Waals surface area contributed by atoms with Crippen LogP contribution >= 0.6 is 22.9 Å². The summed E-state index contributed by atoms with van der Waals surface area (Å²) in [5.74, 6) is -0.471. The van der Waals surface area contributed by atoms with Crippen molar-refractivity contribution in [1.29, 1.82) is 0 Å². The lowest BCUT2D eigenvalue weighted by Crippen LogP contribution is -1.91. The van der Waals surface area contributed by atoms with E-state index in [1.807, 2.05) is 0 Å². The number of halogens is 2. The Morgan fingerprint density at radius 3 is 2.94 bits per heavy atom. The molecule has 1 heterocycles. The number of carbonyl (C=O) groups excluding carboxylic acids is 1. The second kappa shape index (κ2) is 4.54. The van der Waals surface area contributed by atoms with Gasteiger partial charge in [-0.3, -0.25) is 4.79 Å². The van der Waals surface area contributed by atoms with Crippen LogP contribution in [-0.4, -0.2) is 16.6 Å². The molecule has 0 spiro atoms. The van der Waals surface area contributed by atoms with Gasteiger partial charge >= 0.3 is 0 Å². The molecule has 0 fully saturated rings. The summed E-state index contributed by atoms with van der Waals surface area (Å²) in [6, 6.07) is 4.28. The first-order valence-electron chi connectivity index (χ1n) is 4.20. The van der Waals surface area contributed by atoms with Crippen LogP contribution in [0.1, 0.15) is 0 Å². The fourth-order valence-electron chi connectivity index (χ4n) is 1.10. The summed E-state index contributed by atoms with van der Waals surface area (Å²) < 4.78 is 13.5. The maximum Gasteiger partial charge on any atom is 0.213 e. The van der Waals surface area contributed by atoms with E-state index in [4.69, 9.17) is 11.6 Å². The number of anilines is 1. The second-order valence-corrected chi connectivity index (χ2v) is 4.21. The molecule has 2 rings (SSSR count). The number of hydrogen-bond acceptors (Lipinski definition) is 4. The molecule has 0 aliphatic heterocycles. The number of rotatable bonds is 3. The van der Waals surface area contributed by atoms with E-state index in [0.29, 0.717) is 27.1 Å². The summed E-state index contributed by atoms with van der Waals surface area (Å²) >= 11 is 6.71. The Hall–Kier alpha value is -1.53. The van der Waals surface area contributed by atoms with Gasteiger partial charge < -0.3 is 5.32 Å². The molecular weight excluding hydrogens is 253 g/mol. The van der Waals surface area contributed by atoms with E-state index in [0.717, 1.165) is 11.3 Å². The first-order valence-corrected chi connectivity index (χ1v) is 5.39. The molecule has 1 amide bonds. The Kier molecular flexibility index (Phi) is 3.12. The van der Waals surface area contributed by atoms with Crippen molar-refractivity contribution >= 4 is 34.5 Å². The normalized spacial score (nSPS) is 10.1. The molecular formula is C9H5ClFN3OS. The fraction of sp³-hybridized carbons (Fsp3) is 0. The quantitative estimate of drug-likeness (QED) is 0.860. The summed E-state index contributed by atoms with van der Waals surface area (Å²) in [4.78, 5) is 10.2. The SMILES string of the molecule is O=CNc1nnc(-c2ccc(Cl)cc2F)s1. The Balaban J connectivity index is 2.38. The van der Waals surface area contributed by atoms with E-state index in [9.17, 15) is 9.18 Å². The molecule has 0 unspecified atom stereocenters. The largest absolute Gasteiger partial charge is 0.303 e. The van der Waals surface area contributed by atoms with Crippen molar-refractivity contribution in [1.82, 2.24) is 10.2 Å². The van der Waals surface area contributed by atoms with Crippen molar-refractivity contribution in [2.45, 2.75) is 0 Å². The lowest BCUT2D eigenvalue weighted by atomic mass is 10.2. The second-order valence-electron chi connectivity index (χ2n) is 2.80. The van der Waals surface area contributed by atoms with Gasteiger partial charge in [0.25, 0.3) is 0 Å². The summed E-state index contributed by atoms with van der Waals surface area (Å²) in [6.45, 7) is 0. The number of carbonyl (C=O) groups is 1. The number of nitrogens with zero attached hydrogens (tertiary/aromatic N) is 2. The predicted molar refractivity (Wildman–Crippen MR) is 60.0 cm³/mol. The first kappa shape index (κ1) is 11.0. The predicted octanol–water partition coefficient (Wildman–Crippen LogP) is 2.57. The van der Waals surface area contributed by atoms with Crippen LogP contribution < -0.4 is 5.32 Å². The van der Waals surface area contributed by atoms with E-state index in [-0.39, 0.29) is 0 Å². The van der Waals surface area contributed by atoms with E-state index in [2.05, 4.69) is 15.5 Å². The molecule has 0 aliphatic rings. The number of hydrogen-bond donors (Lipinski definition) is 1. The molecule has 0 atom stereocenters. The van der Waals surface area contributed by atoms with Gasteiger partial charge in [0.15, 0.2) is 5.01 Å². The van der Waals surface area contributed by atoms with Crippen LogP contribution in [0.25, 0.3) is 10.6 Å². The third-order valence-corrected chi connectivity index (χ3v) is 2.89. The number of amides is 1. The molecule has 1 N–H and O–H groups in total. The average molecular weight is 258 g/mol. The third kappa shape index (κ3) is 2.17. The highest BCUT2D eigenvalue weighted by molar-refractivity contribution is 7.18. The van der Waals surface area contributed by atoms with Gasteiger partial charge in [0, 0.05) is 10.6 Å². The molecule has 0 aliphatic carbocycles. The summed E-state index contributed by atoms with van der Waals surface area (Å²) in [6.07, 6.45) is 0.489. The number of benzene rings is 1. The molecule has 7 heteroatoms. The van der Waals surface area contributed by atoms with Gasteiger partial charge in [-0.2, -0.15) is 0 Å². The molecule has 0 saturated heterocycles. The van der Waals surface area contributed by atoms with Crippen LogP contribution in [0.5, 0.6) is 0 Å². The molecule has 82 valence electrons. The highest BCUT2D eigenvalue weighted by Gasteiger charge is 2.11. The Morgan fingerprint density at radius 1 is 1.44 bits per heavy atom. The van der Waals surface area contributed by atoms with Crippen molar-refractivity contribution < 1.29 is 9.18 Å². The van der Waals surface area contributed by atoms with Crippen LogP contribution in [0.2, 0.25) is 5.02 Å². The highest BCUT2D eigenvalue weighted by Crippen LogP contribution is 2.29. The van der Waals surface area contributed by atoms with Crippen LogP contribution in [0.3, 0.4) is 0 Å². The maximum absolute atomic E-state index is 13.5. The minimum atomic E-state index is -0.471. The van der Waals surface area contributed by atoms with Gasteiger partial charge in [-0.15, -0.1) is 10.2 Å². The number of nitrogens with one attached hydrogen (secondary N) is 1. The average Bonchev–Trinajstić information content (AvgIpc) is 2.67. The molecule has 0 saturated carbocycles. The van der Waals surface area contributed by atoms with Crippen LogP contribution in [0.4, 0.5) is 9.52 Å². The van der Waals surface area contributed by atoms with E-state index in [1.165, 1.54) is 12.1 Å². The lowest BCUT2D eigenvalue weighted by Gasteiger charge is -1.97. The Bertz CT molecular complexity index is 531. The molecule has 0 radical (unpaired) electrons. The molecule has 1 aromatic carbocycles. The van der Waals surface area contributed by atoms with Gasteiger partial charge in [0.2, 0.25) is 11.5 Å². The zero-order valence-corrected chi connectivity index (χ0v) is 9.35. The first-order chi connectivity index (χ1) is 7.70.